The van der Waals surface area contributed by atoms with Crippen molar-refractivity contribution in [3.05, 3.63) is 24.2 Å². The number of furan rings is 1. The molecule has 1 aromatic rings. The lowest BCUT2D eigenvalue weighted by Gasteiger charge is -2.14. The van der Waals surface area contributed by atoms with Gasteiger partial charge in [-0.3, -0.25) is 0 Å². The van der Waals surface area contributed by atoms with Crippen LogP contribution in [0.5, 0.6) is 0 Å². The molecule has 2 atom stereocenters. The number of hydrogen-bond acceptors (Lipinski definition) is 2. The van der Waals surface area contributed by atoms with E-state index in [1.165, 1.54) is 19.3 Å². The largest absolute Gasteiger partial charge is 0.469 e. The van der Waals surface area contributed by atoms with Crippen LogP contribution in [0.15, 0.2) is 22.8 Å². The van der Waals surface area contributed by atoms with Gasteiger partial charge in [-0.15, -0.1) is 0 Å². The fourth-order valence-electron chi connectivity index (χ4n) is 2.32. The van der Waals surface area contributed by atoms with Gasteiger partial charge >= 0.3 is 0 Å². The molecule has 1 aliphatic rings. The Morgan fingerprint density at radius 3 is 3.15 bits per heavy atom. The van der Waals surface area contributed by atoms with Crippen LogP contribution in [0.3, 0.4) is 0 Å². The van der Waals surface area contributed by atoms with Crippen LogP contribution < -0.4 is 0 Å². The molecule has 0 saturated heterocycles. The minimum absolute atomic E-state index is 0.486. The molecule has 2 unspecified atom stereocenters. The van der Waals surface area contributed by atoms with Crippen LogP contribution in [0.25, 0.3) is 0 Å². The number of carbonyl (C=O) groups excluding carboxylic acids is 1. The highest BCUT2D eigenvalue weighted by atomic mass is 16.3. The standard InChI is InChI=1S/C11H14O2/c12-7-6-9-3-1-4-10(9)11-5-2-8-13-11/h2,5,7-10H,1,3-4,6H2. The zero-order valence-corrected chi connectivity index (χ0v) is 7.61. The maximum Gasteiger partial charge on any atom is 0.120 e. The van der Waals surface area contributed by atoms with E-state index >= 15 is 0 Å². The molecule has 2 nitrogen and oxygen atoms in total. The molecule has 0 radical (unpaired) electrons. The Balaban J connectivity index is 2.09. The van der Waals surface area contributed by atoms with Gasteiger partial charge in [0.1, 0.15) is 12.0 Å². The lowest BCUT2D eigenvalue weighted by Crippen LogP contribution is -2.05. The zero-order valence-electron chi connectivity index (χ0n) is 7.61. The van der Waals surface area contributed by atoms with Crippen molar-refractivity contribution in [2.45, 2.75) is 31.6 Å². The van der Waals surface area contributed by atoms with Crippen molar-refractivity contribution in [2.75, 3.05) is 0 Å². The summed E-state index contributed by atoms with van der Waals surface area (Å²) in [4.78, 5) is 10.4. The molecule has 1 aromatic heterocycles. The van der Waals surface area contributed by atoms with Gasteiger partial charge in [-0.05, 0) is 30.9 Å². The van der Waals surface area contributed by atoms with E-state index in [1.807, 2.05) is 12.1 Å². The van der Waals surface area contributed by atoms with E-state index in [0.29, 0.717) is 18.3 Å². The van der Waals surface area contributed by atoms with E-state index in [1.54, 1.807) is 6.26 Å². The summed E-state index contributed by atoms with van der Waals surface area (Å²) in [7, 11) is 0. The van der Waals surface area contributed by atoms with E-state index in [9.17, 15) is 4.79 Å². The van der Waals surface area contributed by atoms with Gasteiger partial charge in [-0.25, -0.2) is 0 Å². The average molecular weight is 178 g/mol. The lowest BCUT2D eigenvalue weighted by atomic mass is 9.91. The third kappa shape index (κ3) is 1.67. The second-order valence-electron chi connectivity index (χ2n) is 3.72. The first-order valence-corrected chi connectivity index (χ1v) is 4.89. The molecule has 2 rings (SSSR count). The van der Waals surface area contributed by atoms with Crippen molar-refractivity contribution >= 4 is 6.29 Å². The Kier molecular flexibility index (Phi) is 2.48. The molecular formula is C11H14O2. The topological polar surface area (TPSA) is 30.2 Å². The number of rotatable bonds is 3. The molecule has 70 valence electrons. The highest BCUT2D eigenvalue weighted by Gasteiger charge is 2.29. The molecule has 0 aromatic carbocycles. The van der Waals surface area contributed by atoms with Crippen molar-refractivity contribution in [3.63, 3.8) is 0 Å². The molecule has 0 bridgehead atoms. The molecular weight excluding hydrogens is 164 g/mol. The smallest absolute Gasteiger partial charge is 0.120 e. The molecule has 0 amide bonds. The van der Waals surface area contributed by atoms with Crippen molar-refractivity contribution in [1.29, 1.82) is 0 Å². The molecule has 13 heavy (non-hydrogen) atoms. The molecule has 0 N–H and O–H groups in total. The fourth-order valence-corrected chi connectivity index (χ4v) is 2.32. The van der Waals surface area contributed by atoms with Gasteiger partial charge in [0.25, 0.3) is 0 Å². The lowest BCUT2D eigenvalue weighted by molar-refractivity contribution is -0.108. The fraction of sp³-hybridized carbons (Fsp3) is 0.545. The first-order valence-electron chi connectivity index (χ1n) is 4.89. The Labute approximate surface area is 77.9 Å². The summed E-state index contributed by atoms with van der Waals surface area (Å²) in [6.45, 7) is 0. The molecule has 0 aliphatic heterocycles. The van der Waals surface area contributed by atoms with Crippen LogP contribution in [0, 0.1) is 5.92 Å². The summed E-state index contributed by atoms with van der Waals surface area (Å²) in [5.74, 6) is 2.06. The van der Waals surface area contributed by atoms with Crippen LogP contribution in [0.4, 0.5) is 0 Å². The van der Waals surface area contributed by atoms with Gasteiger partial charge < -0.3 is 9.21 Å². The molecule has 2 heteroatoms. The van der Waals surface area contributed by atoms with E-state index in [4.69, 9.17) is 4.42 Å². The summed E-state index contributed by atoms with van der Waals surface area (Å²) < 4.78 is 5.38. The van der Waals surface area contributed by atoms with E-state index in [0.717, 1.165) is 12.0 Å². The van der Waals surface area contributed by atoms with Crippen LogP contribution in [0.1, 0.15) is 37.4 Å². The number of aldehydes is 1. The van der Waals surface area contributed by atoms with Gasteiger partial charge in [0.15, 0.2) is 0 Å². The molecule has 0 spiro atoms. The Hall–Kier alpha value is -1.05. The second kappa shape index (κ2) is 3.77. The van der Waals surface area contributed by atoms with Crippen LogP contribution in [-0.2, 0) is 4.79 Å². The van der Waals surface area contributed by atoms with Crippen molar-refractivity contribution in [3.8, 4) is 0 Å². The normalized spacial score (nSPS) is 27.7. The van der Waals surface area contributed by atoms with Crippen molar-refractivity contribution < 1.29 is 9.21 Å². The van der Waals surface area contributed by atoms with Crippen LogP contribution >= 0.6 is 0 Å². The van der Waals surface area contributed by atoms with Gasteiger partial charge in [0.2, 0.25) is 0 Å². The Morgan fingerprint density at radius 1 is 1.54 bits per heavy atom. The molecule has 1 fully saturated rings. The summed E-state index contributed by atoms with van der Waals surface area (Å²) in [5.41, 5.74) is 0. The highest BCUT2D eigenvalue weighted by molar-refractivity contribution is 5.50. The minimum atomic E-state index is 0.486. The van der Waals surface area contributed by atoms with E-state index in [2.05, 4.69) is 0 Å². The maximum absolute atomic E-state index is 10.4. The SMILES string of the molecule is O=CCC1CCCC1c1ccco1. The molecule has 1 heterocycles. The van der Waals surface area contributed by atoms with Gasteiger partial charge in [0, 0.05) is 12.3 Å². The van der Waals surface area contributed by atoms with E-state index < -0.39 is 0 Å². The first kappa shape index (κ1) is 8.54. The molecule has 1 aliphatic carbocycles. The monoisotopic (exact) mass is 178 g/mol. The highest BCUT2D eigenvalue weighted by Crippen LogP contribution is 2.40. The third-order valence-electron chi connectivity index (χ3n) is 2.97. The van der Waals surface area contributed by atoms with Crippen molar-refractivity contribution in [2.24, 2.45) is 5.92 Å². The summed E-state index contributed by atoms with van der Waals surface area (Å²) in [6.07, 6.45) is 7.00. The summed E-state index contributed by atoms with van der Waals surface area (Å²) in [5, 5.41) is 0. The first-order chi connectivity index (χ1) is 6.42. The Bertz CT molecular complexity index is 264. The molecule has 1 saturated carbocycles. The predicted octanol–water partition coefficient (Wildman–Crippen LogP) is 2.75. The Morgan fingerprint density at radius 2 is 2.46 bits per heavy atom. The quantitative estimate of drug-likeness (QED) is 0.666. The third-order valence-corrected chi connectivity index (χ3v) is 2.97. The van der Waals surface area contributed by atoms with Crippen LogP contribution in [-0.4, -0.2) is 6.29 Å². The van der Waals surface area contributed by atoms with Gasteiger partial charge in [-0.2, -0.15) is 0 Å². The summed E-state index contributed by atoms with van der Waals surface area (Å²) in [6, 6.07) is 3.94. The predicted molar refractivity (Wildman–Crippen MR) is 49.5 cm³/mol. The van der Waals surface area contributed by atoms with E-state index in [-0.39, 0.29) is 0 Å². The zero-order chi connectivity index (χ0) is 9.10. The van der Waals surface area contributed by atoms with Crippen molar-refractivity contribution in [1.82, 2.24) is 0 Å². The minimum Gasteiger partial charge on any atom is -0.469 e. The summed E-state index contributed by atoms with van der Waals surface area (Å²) >= 11 is 0. The van der Waals surface area contributed by atoms with Gasteiger partial charge in [-0.1, -0.05) is 6.42 Å². The number of hydrogen-bond donors (Lipinski definition) is 0. The van der Waals surface area contributed by atoms with Gasteiger partial charge in [0.05, 0.1) is 6.26 Å². The average Bonchev–Trinajstić information content (AvgIpc) is 2.71. The van der Waals surface area contributed by atoms with Crippen LogP contribution in [0.2, 0.25) is 0 Å². The second-order valence-corrected chi connectivity index (χ2v) is 3.72. The number of carbonyl (C=O) groups is 1. The maximum atomic E-state index is 10.4.